The molecule has 17 heavy (non-hydrogen) atoms. The van der Waals surface area contributed by atoms with E-state index in [0.717, 1.165) is 5.13 Å². The van der Waals surface area contributed by atoms with Gasteiger partial charge in [-0.3, -0.25) is 4.79 Å². The molecule has 1 fully saturated rings. The molecular weight excluding hydrogens is 236 g/mol. The Hall–Kier alpha value is -1.10. The Morgan fingerprint density at radius 1 is 1.53 bits per heavy atom. The summed E-state index contributed by atoms with van der Waals surface area (Å²) in [5.41, 5.74) is -0.276. The average molecular weight is 254 g/mol. The monoisotopic (exact) mass is 254 g/mol. The third-order valence-corrected chi connectivity index (χ3v) is 4.14. The first-order chi connectivity index (χ1) is 8.00. The van der Waals surface area contributed by atoms with E-state index in [4.69, 9.17) is 5.11 Å². The summed E-state index contributed by atoms with van der Waals surface area (Å²) in [4.78, 5) is 15.5. The van der Waals surface area contributed by atoms with Crippen molar-refractivity contribution in [1.82, 2.24) is 4.98 Å². The van der Waals surface area contributed by atoms with Crippen LogP contribution < -0.4 is 5.32 Å². The summed E-state index contributed by atoms with van der Waals surface area (Å²) in [7, 11) is 0. The number of aliphatic carboxylic acids is 1. The zero-order valence-electron chi connectivity index (χ0n) is 10.2. The van der Waals surface area contributed by atoms with Crippen molar-refractivity contribution in [2.45, 2.75) is 51.0 Å². The van der Waals surface area contributed by atoms with Crippen LogP contribution in [-0.4, -0.2) is 22.1 Å². The van der Waals surface area contributed by atoms with Crippen molar-refractivity contribution in [3.8, 4) is 0 Å². The number of hydrogen-bond acceptors (Lipinski definition) is 4. The molecule has 0 spiro atoms. The summed E-state index contributed by atoms with van der Waals surface area (Å²) >= 11 is 1.50. The van der Waals surface area contributed by atoms with E-state index >= 15 is 0 Å². The van der Waals surface area contributed by atoms with Crippen LogP contribution in [0.2, 0.25) is 0 Å². The largest absolute Gasteiger partial charge is 0.481 e. The van der Waals surface area contributed by atoms with E-state index in [1.54, 1.807) is 13.8 Å². The molecule has 2 N–H and O–H groups in total. The lowest BCUT2D eigenvalue weighted by Gasteiger charge is -2.16. The molecule has 0 aromatic carbocycles. The van der Waals surface area contributed by atoms with E-state index in [-0.39, 0.29) is 0 Å². The Kier molecular flexibility index (Phi) is 3.38. The fourth-order valence-corrected chi connectivity index (χ4v) is 2.94. The van der Waals surface area contributed by atoms with Crippen LogP contribution in [0.1, 0.15) is 45.2 Å². The van der Waals surface area contributed by atoms with Gasteiger partial charge >= 0.3 is 5.97 Å². The maximum absolute atomic E-state index is 11.1. The quantitative estimate of drug-likeness (QED) is 0.867. The fourth-order valence-electron chi connectivity index (χ4n) is 1.98. The van der Waals surface area contributed by atoms with E-state index in [0.29, 0.717) is 11.7 Å². The highest BCUT2D eigenvalue weighted by molar-refractivity contribution is 7.13. The van der Waals surface area contributed by atoms with Crippen LogP contribution in [-0.2, 0) is 10.2 Å². The minimum absolute atomic E-state index is 0.516. The van der Waals surface area contributed by atoms with Gasteiger partial charge < -0.3 is 10.4 Å². The zero-order valence-corrected chi connectivity index (χ0v) is 11.0. The van der Waals surface area contributed by atoms with Crippen molar-refractivity contribution in [3.63, 3.8) is 0 Å². The predicted molar refractivity (Wildman–Crippen MR) is 68.7 cm³/mol. The van der Waals surface area contributed by atoms with Crippen LogP contribution in [0.3, 0.4) is 0 Å². The summed E-state index contributed by atoms with van der Waals surface area (Å²) in [6, 6.07) is 0.516. The Labute approximate surface area is 105 Å². The third-order valence-electron chi connectivity index (χ3n) is 3.36. The molecule has 0 saturated heterocycles. The number of thiazole rings is 1. The molecule has 1 aliphatic carbocycles. The van der Waals surface area contributed by atoms with E-state index in [1.165, 1.54) is 37.0 Å². The van der Waals surface area contributed by atoms with Gasteiger partial charge in [-0.05, 0) is 26.7 Å². The summed E-state index contributed by atoms with van der Waals surface area (Å²) in [6.07, 6.45) is 4.93. The van der Waals surface area contributed by atoms with E-state index in [2.05, 4.69) is 10.3 Å². The number of anilines is 1. The molecule has 0 aliphatic heterocycles. The lowest BCUT2D eigenvalue weighted by Crippen LogP contribution is -2.29. The highest BCUT2D eigenvalue weighted by atomic mass is 32.1. The van der Waals surface area contributed by atoms with Crippen LogP contribution in [0.4, 0.5) is 5.13 Å². The van der Waals surface area contributed by atoms with Gasteiger partial charge in [-0.25, -0.2) is 4.98 Å². The van der Waals surface area contributed by atoms with Crippen molar-refractivity contribution in [2.24, 2.45) is 0 Å². The summed E-state index contributed by atoms with van der Waals surface area (Å²) in [6.45, 7) is 3.37. The molecule has 1 saturated carbocycles. The Bertz CT molecular complexity index is 408. The molecule has 0 atom stereocenters. The van der Waals surface area contributed by atoms with Crippen LogP contribution in [0.15, 0.2) is 5.38 Å². The van der Waals surface area contributed by atoms with E-state index < -0.39 is 11.4 Å². The van der Waals surface area contributed by atoms with Crippen molar-refractivity contribution < 1.29 is 9.90 Å². The minimum Gasteiger partial charge on any atom is -0.481 e. The number of aromatic nitrogens is 1. The molecule has 94 valence electrons. The smallest absolute Gasteiger partial charge is 0.315 e. The zero-order chi connectivity index (χ0) is 12.5. The van der Waals surface area contributed by atoms with Gasteiger partial charge in [0.15, 0.2) is 5.13 Å². The van der Waals surface area contributed by atoms with Gasteiger partial charge in [0.25, 0.3) is 0 Å². The first kappa shape index (κ1) is 12.4. The number of nitrogens with one attached hydrogen (secondary N) is 1. The molecule has 0 amide bonds. The molecule has 0 unspecified atom stereocenters. The molecule has 0 bridgehead atoms. The van der Waals surface area contributed by atoms with Crippen LogP contribution in [0, 0.1) is 0 Å². The van der Waals surface area contributed by atoms with Crippen molar-refractivity contribution in [2.75, 3.05) is 5.32 Å². The van der Waals surface area contributed by atoms with Gasteiger partial charge in [0.2, 0.25) is 0 Å². The summed E-state index contributed by atoms with van der Waals surface area (Å²) < 4.78 is 0. The number of nitrogens with zero attached hydrogens (tertiary/aromatic N) is 1. The topological polar surface area (TPSA) is 62.2 Å². The Morgan fingerprint density at radius 2 is 2.18 bits per heavy atom. The van der Waals surface area contributed by atoms with Crippen LogP contribution >= 0.6 is 11.3 Å². The average Bonchev–Trinajstić information content (AvgIpc) is 2.89. The molecule has 4 nitrogen and oxygen atoms in total. The second kappa shape index (κ2) is 4.64. The van der Waals surface area contributed by atoms with Gasteiger partial charge in [-0.15, -0.1) is 11.3 Å². The second-order valence-corrected chi connectivity index (χ2v) is 5.95. The number of rotatable bonds is 4. The number of carboxylic acids is 1. The highest BCUT2D eigenvalue weighted by Crippen LogP contribution is 2.29. The van der Waals surface area contributed by atoms with Crippen LogP contribution in [0.5, 0.6) is 0 Å². The summed E-state index contributed by atoms with van der Waals surface area (Å²) in [5.74, 6) is -0.838. The molecule has 1 aromatic heterocycles. The summed E-state index contributed by atoms with van der Waals surface area (Å²) in [5, 5.41) is 15.2. The molecule has 1 heterocycles. The second-order valence-electron chi connectivity index (χ2n) is 5.09. The van der Waals surface area contributed by atoms with Crippen molar-refractivity contribution in [1.29, 1.82) is 0 Å². The maximum atomic E-state index is 11.1. The highest BCUT2D eigenvalue weighted by Gasteiger charge is 2.32. The van der Waals surface area contributed by atoms with E-state index in [9.17, 15) is 4.79 Å². The minimum atomic E-state index is -0.911. The first-order valence-electron chi connectivity index (χ1n) is 5.96. The normalized spacial score (nSPS) is 17.3. The van der Waals surface area contributed by atoms with Crippen molar-refractivity contribution in [3.05, 3.63) is 11.1 Å². The maximum Gasteiger partial charge on any atom is 0.315 e. The number of carbonyl (C=O) groups is 1. The van der Waals surface area contributed by atoms with Gasteiger partial charge in [0, 0.05) is 11.4 Å². The molecule has 0 radical (unpaired) electrons. The van der Waals surface area contributed by atoms with Gasteiger partial charge in [-0.1, -0.05) is 12.8 Å². The molecule has 1 aliphatic rings. The van der Waals surface area contributed by atoms with Crippen LogP contribution in [0.25, 0.3) is 0 Å². The predicted octanol–water partition coefficient (Wildman–Crippen LogP) is 2.86. The Balaban J connectivity index is 2.07. The lowest BCUT2D eigenvalue weighted by molar-refractivity contribution is -0.142. The standard InChI is InChI=1S/C12H18N2O2S/c1-12(2,10(15)16)9-7-17-11(14-9)13-8-5-3-4-6-8/h7-8H,3-6H2,1-2H3,(H,13,14)(H,15,16). The number of hydrogen-bond donors (Lipinski definition) is 2. The SMILES string of the molecule is CC(C)(C(=O)O)c1csc(NC2CCCC2)n1. The Morgan fingerprint density at radius 3 is 2.76 bits per heavy atom. The van der Waals surface area contributed by atoms with Crippen molar-refractivity contribution >= 4 is 22.4 Å². The molecule has 2 rings (SSSR count). The van der Waals surface area contributed by atoms with Gasteiger partial charge in [-0.2, -0.15) is 0 Å². The van der Waals surface area contributed by atoms with Gasteiger partial charge in [0.1, 0.15) is 5.41 Å². The third kappa shape index (κ3) is 2.60. The van der Waals surface area contributed by atoms with Gasteiger partial charge in [0.05, 0.1) is 5.69 Å². The van der Waals surface area contributed by atoms with E-state index in [1.807, 2.05) is 5.38 Å². The molecular formula is C12H18N2O2S. The fraction of sp³-hybridized carbons (Fsp3) is 0.667. The number of carboxylic acid groups (broad SMARTS) is 1. The first-order valence-corrected chi connectivity index (χ1v) is 6.84. The molecule has 1 aromatic rings. The lowest BCUT2D eigenvalue weighted by atomic mass is 9.90. The molecule has 5 heteroatoms.